The normalized spacial score (nSPS) is 13.0. The molecule has 0 aliphatic carbocycles. The average Bonchev–Trinajstić information content (AvgIpc) is 3.00. The Balaban J connectivity index is 2.20. The van der Waals surface area contributed by atoms with Gasteiger partial charge in [0, 0.05) is 25.0 Å². The Labute approximate surface area is 142 Å². The molecule has 6 heteroatoms. The van der Waals surface area contributed by atoms with E-state index in [2.05, 4.69) is 10.2 Å². The van der Waals surface area contributed by atoms with E-state index < -0.39 is 17.6 Å². The lowest BCUT2D eigenvalue weighted by atomic mass is 10.1. The van der Waals surface area contributed by atoms with E-state index in [4.69, 9.17) is 4.74 Å². The van der Waals surface area contributed by atoms with Crippen LogP contribution < -0.4 is 0 Å². The highest BCUT2D eigenvalue weighted by atomic mass is 16.6. The number of carbonyl (C=O) groups excluding carboxylic acids is 1. The highest BCUT2D eigenvalue weighted by Gasteiger charge is 2.30. The van der Waals surface area contributed by atoms with Crippen LogP contribution in [-0.4, -0.2) is 44.4 Å². The summed E-state index contributed by atoms with van der Waals surface area (Å²) in [4.78, 5) is 14.4. The molecule has 1 aromatic carbocycles. The molecule has 1 atom stereocenters. The van der Waals surface area contributed by atoms with Crippen LogP contribution in [-0.2, 0) is 22.6 Å². The summed E-state index contributed by atoms with van der Waals surface area (Å²) in [6.07, 6.45) is 1.66. The minimum Gasteiger partial charge on any atom is -0.459 e. The highest BCUT2D eigenvalue weighted by molar-refractivity contribution is 5.76. The zero-order chi connectivity index (χ0) is 17.6. The molecule has 130 valence electrons. The summed E-state index contributed by atoms with van der Waals surface area (Å²) < 4.78 is 5.46. The Morgan fingerprint density at radius 2 is 1.96 bits per heavy atom. The molecule has 0 unspecified atom stereocenters. The third-order valence-electron chi connectivity index (χ3n) is 3.45. The zero-order valence-electron chi connectivity index (χ0n) is 14.4. The number of aromatic amines is 1. The number of rotatable bonds is 7. The molecule has 0 amide bonds. The number of benzene rings is 1. The summed E-state index contributed by atoms with van der Waals surface area (Å²) in [5, 5.41) is 16.6. The first-order valence-electron chi connectivity index (χ1n) is 7.99. The van der Waals surface area contributed by atoms with Gasteiger partial charge >= 0.3 is 5.97 Å². The standard InChI is InChI=1S/C18H25N3O3/c1-18(2,3)24-17(23)16(13-22)21(12-15-9-10-19-20-15)11-14-7-5-4-6-8-14/h4-10,16,22H,11-13H2,1-3H3,(H,19,20)/t16-/m1/s1. The third kappa shape index (κ3) is 5.47. The number of nitrogens with one attached hydrogen (secondary N) is 1. The second-order valence-corrected chi connectivity index (χ2v) is 6.70. The highest BCUT2D eigenvalue weighted by Crippen LogP contribution is 2.16. The molecule has 24 heavy (non-hydrogen) atoms. The molecule has 0 aliphatic heterocycles. The molecular weight excluding hydrogens is 306 g/mol. The van der Waals surface area contributed by atoms with Gasteiger partial charge < -0.3 is 9.84 Å². The maximum absolute atomic E-state index is 12.5. The van der Waals surface area contributed by atoms with Gasteiger partial charge in [-0.2, -0.15) is 5.10 Å². The lowest BCUT2D eigenvalue weighted by molar-refractivity contribution is -0.163. The van der Waals surface area contributed by atoms with Crippen LogP contribution >= 0.6 is 0 Å². The molecule has 1 aromatic heterocycles. The van der Waals surface area contributed by atoms with Gasteiger partial charge in [-0.1, -0.05) is 30.3 Å². The number of ether oxygens (including phenoxy) is 1. The van der Waals surface area contributed by atoms with Gasteiger partial charge in [-0.3, -0.25) is 14.8 Å². The molecule has 0 saturated carbocycles. The molecule has 2 N–H and O–H groups in total. The van der Waals surface area contributed by atoms with Crippen LogP contribution in [0.25, 0.3) is 0 Å². The van der Waals surface area contributed by atoms with Crippen LogP contribution in [0.2, 0.25) is 0 Å². The molecule has 2 rings (SSSR count). The van der Waals surface area contributed by atoms with Gasteiger partial charge in [-0.05, 0) is 32.4 Å². The number of carbonyl (C=O) groups is 1. The number of esters is 1. The van der Waals surface area contributed by atoms with E-state index in [0.29, 0.717) is 13.1 Å². The Kier molecular flexibility index (Phi) is 6.11. The second kappa shape index (κ2) is 8.08. The molecule has 0 fully saturated rings. The van der Waals surface area contributed by atoms with Gasteiger partial charge in [0.1, 0.15) is 11.6 Å². The van der Waals surface area contributed by atoms with Gasteiger partial charge in [0.2, 0.25) is 0 Å². The number of aliphatic hydroxyl groups is 1. The Bertz CT molecular complexity index is 621. The lowest BCUT2D eigenvalue weighted by Gasteiger charge is -2.31. The molecule has 0 bridgehead atoms. The van der Waals surface area contributed by atoms with Crippen molar-refractivity contribution in [1.82, 2.24) is 15.1 Å². The summed E-state index contributed by atoms with van der Waals surface area (Å²) in [6.45, 7) is 6.11. The minimum atomic E-state index is -0.743. The van der Waals surface area contributed by atoms with Crippen LogP contribution in [0.4, 0.5) is 0 Å². The topological polar surface area (TPSA) is 78.5 Å². The van der Waals surface area contributed by atoms with E-state index in [1.807, 2.05) is 62.1 Å². The molecule has 1 heterocycles. The third-order valence-corrected chi connectivity index (χ3v) is 3.45. The monoisotopic (exact) mass is 331 g/mol. The van der Waals surface area contributed by atoms with Crippen LogP contribution in [0.5, 0.6) is 0 Å². The number of hydrogen-bond acceptors (Lipinski definition) is 5. The van der Waals surface area contributed by atoms with E-state index in [1.165, 1.54) is 0 Å². The molecule has 0 aliphatic rings. The molecule has 2 aromatic rings. The maximum atomic E-state index is 12.5. The first-order chi connectivity index (χ1) is 11.4. The maximum Gasteiger partial charge on any atom is 0.326 e. The Hall–Kier alpha value is -2.18. The fraction of sp³-hybridized carbons (Fsp3) is 0.444. The van der Waals surface area contributed by atoms with E-state index in [9.17, 15) is 9.90 Å². The number of H-pyrrole nitrogens is 1. The summed E-state index contributed by atoms with van der Waals surface area (Å²) >= 11 is 0. The number of nitrogens with zero attached hydrogens (tertiary/aromatic N) is 2. The molecular formula is C18H25N3O3. The van der Waals surface area contributed by atoms with Crippen LogP contribution in [0.15, 0.2) is 42.6 Å². The first-order valence-corrected chi connectivity index (χ1v) is 7.99. The van der Waals surface area contributed by atoms with Gasteiger partial charge in [0.15, 0.2) is 0 Å². The number of aliphatic hydroxyl groups excluding tert-OH is 1. The summed E-state index contributed by atoms with van der Waals surface area (Å²) in [5.41, 5.74) is 1.32. The second-order valence-electron chi connectivity index (χ2n) is 6.70. The van der Waals surface area contributed by atoms with Crippen molar-refractivity contribution in [2.24, 2.45) is 0 Å². The van der Waals surface area contributed by atoms with Crippen LogP contribution in [0, 0.1) is 0 Å². The Morgan fingerprint density at radius 3 is 2.50 bits per heavy atom. The Morgan fingerprint density at radius 1 is 1.25 bits per heavy atom. The van der Waals surface area contributed by atoms with Crippen molar-refractivity contribution in [3.63, 3.8) is 0 Å². The first kappa shape index (κ1) is 18.2. The van der Waals surface area contributed by atoms with Crippen molar-refractivity contribution in [1.29, 1.82) is 0 Å². The van der Waals surface area contributed by atoms with E-state index in [0.717, 1.165) is 11.3 Å². The van der Waals surface area contributed by atoms with E-state index in [1.54, 1.807) is 6.20 Å². The van der Waals surface area contributed by atoms with Crippen LogP contribution in [0.3, 0.4) is 0 Å². The van der Waals surface area contributed by atoms with Gasteiger partial charge in [0.05, 0.1) is 6.61 Å². The quantitative estimate of drug-likeness (QED) is 0.760. The number of aromatic nitrogens is 2. The van der Waals surface area contributed by atoms with Crippen LogP contribution in [0.1, 0.15) is 32.0 Å². The van der Waals surface area contributed by atoms with Crippen molar-refractivity contribution in [3.8, 4) is 0 Å². The summed E-state index contributed by atoms with van der Waals surface area (Å²) in [5.74, 6) is -0.430. The van der Waals surface area contributed by atoms with Crippen molar-refractivity contribution in [2.75, 3.05) is 6.61 Å². The van der Waals surface area contributed by atoms with Gasteiger partial charge in [0.25, 0.3) is 0 Å². The number of hydrogen-bond donors (Lipinski definition) is 2. The average molecular weight is 331 g/mol. The molecule has 0 saturated heterocycles. The minimum absolute atomic E-state index is 0.310. The molecule has 0 spiro atoms. The predicted octanol–water partition coefficient (Wildman–Crippen LogP) is 2.11. The van der Waals surface area contributed by atoms with E-state index >= 15 is 0 Å². The molecule has 0 radical (unpaired) electrons. The van der Waals surface area contributed by atoms with Gasteiger partial charge in [-0.25, -0.2) is 0 Å². The predicted molar refractivity (Wildman–Crippen MR) is 91.0 cm³/mol. The SMILES string of the molecule is CC(C)(C)OC(=O)[C@@H](CO)N(Cc1ccccc1)Cc1ccn[nH]1. The largest absolute Gasteiger partial charge is 0.459 e. The van der Waals surface area contributed by atoms with E-state index in [-0.39, 0.29) is 6.61 Å². The fourth-order valence-corrected chi connectivity index (χ4v) is 2.39. The van der Waals surface area contributed by atoms with Gasteiger partial charge in [-0.15, -0.1) is 0 Å². The summed E-state index contributed by atoms with van der Waals surface area (Å²) in [6, 6.07) is 10.9. The summed E-state index contributed by atoms with van der Waals surface area (Å²) in [7, 11) is 0. The van der Waals surface area contributed by atoms with Crippen molar-refractivity contribution < 1.29 is 14.6 Å². The smallest absolute Gasteiger partial charge is 0.326 e. The van der Waals surface area contributed by atoms with Crippen molar-refractivity contribution >= 4 is 5.97 Å². The lowest BCUT2D eigenvalue weighted by Crippen LogP contribution is -2.46. The van der Waals surface area contributed by atoms with Crippen molar-refractivity contribution in [3.05, 3.63) is 53.9 Å². The molecule has 6 nitrogen and oxygen atoms in total. The van der Waals surface area contributed by atoms with Crippen molar-refractivity contribution in [2.45, 2.75) is 45.5 Å². The fourth-order valence-electron chi connectivity index (χ4n) is 2.39. The zero-order valence-corrected chi connectivity index (χ0v) is 14.4.